The SMILES string of the molecule is CC(C)(F)CN1CCC(C2(C)Cc3cc(C4=CCN(S(C)(=O)=O)CC4)ncc3O2)CC1. The molecule has 0 bridgehead atoms. The molecule has 0 N–H and O–H groups in total. The first kappa shape index (κ1) is 22.7. The average Bonchev–Trinajstić information content (AvgIpc) is 3.03. The number of pyridine rings is 1. The van der Waals surface area contributed by atoms with Crippen molar-refractivity contribution in [2.24, 2.45) is 5.92 Å². The van der Waals surface area contributed by atoms with E-state index in [2.05, 4.69) is 22.9 Å². The Morgan fingerprint density at radius 1 is 1.29 bits per heavy atom. The Morgan fingerprint density at radius 3 is 2.58 bits per heavy atom. The van der Waals surface area contributed by atoms with Crippen LogP contribution in [0.3, 0.4) is 0 Å². The molecule has 1 fully saturated rings. The summed E-state index contributed by atoms with van der Waals surface area (Å²) in [6.45, 7) is 8.65. The first-order valence-corrected chi connectivity index (χ1v) is 13.0. The van der Waals surface area contributed by atoms with E-state index in [0.717, 1.165) is 49.4 Å². The molecule has 3 aliphatic heterocycles. The minimum atomic E-state index is -3.16. The summed E-state index contributed by atoms with van der Waals surface area (Å²) in [6.07, 6.45) is 8.57. The Morgan fingerprint density at radius 2 is 2.00 bits per heavy atom. The quantitative estimate of drug-likeness (QED) is 0.688. The summed E-state index contributed by atoms with van der Waals surface area (Å²) in [5, 5.41) is 0. The largest absolute Gasteiger partial charge is 0.485 e. The van der Waals surface area contributed by atoms with Gasteiger partial charge in [0.1, 0.15) is 17.0 Å². The van der Waals surface area contributed by atoms with Crippen molar-refractivity contribution in [1.29, 1.82) is 0 Å². The summed E-state index contributed by atoms with van der Waals surface area (Å²) in [4.78, 5) is 6.83. The maximum atomic E-state index is 14.0. The fraction of sp³-hybridized carbons (Fsp3) is 0.696. The fourth-order valence-corrected chi connectivity index (χ4v) is 5.97. The average molecular weight is 452 g/mol. The van der Waals surface area contributed by atoms with Crippen molar-refractivity contribution in [2.75, 3.05) is 39.0 Å². The van der Waals surface area contributed by atoms with Gasteiger partial charge in [-0.25, -0.2) is 12.8 Å². The van der Waals surface area contributed by atoms with Crippen LogP contribution in [0.1, 0.15) is 51.3 Å². The second-order valence-electron chi connectivity index (χ2n) is 10.1. The van der Waals surface area contributed by atoms with Gasteiger partial charge in [0.2, 0.25) is 10.0 Å². The number of ether oxygens (including phenoxy) is 1. The van der Waals surface area contributed by atoms with Crippen molar-refractivity contribution < 1.29 is 17.5 Å². The smallest absolute Gasteiger partial charge is 0.211 e. The molecule has 1 aromatic heterocycles. The first-order valence-electron chi connectivity index (χ1n) is 11.2. The normalized spacial score (nSPS) is 26.4. The molecule has 0 spiro atoms. The van der Waals surface area contributed by atoms with Gasteiger partial charge in [-0.05, 0) is 64.8 Å². The highest BCUT2D eigenvalue weighted by Crippen LogP contribution is 2.43. The predicted octanol–water partition coefficient (Wildman–Crippen LogP) is 3.28. The molecule has 0 aromatic carbocycles. The molecule has 1 unspecified atom stereocenters. The molecule has 6 nitrogen and oxygen atoms in total. The summed E-state index contributed by atoms with van der Waals surface area (Å²) in [5.74, 6) is 1.28. The lowest BCUT2D eigenvalue weighted by Crippen LogP contribution is -2.48. The van der Waals surface area contributed by atoms with Gasteiger partial charge >= 0.3 is 0 Å². The number of rotatable bonds is 5. The summed E-state index contributed by atoms with van der Waals surface area (Å²) in [6, 6.07) is 2.11. The van der Waals surface area contributed by atoms with Gasteiger partial charge in [0.25, 0.3) is 0 Å². The van der Waals surface area contributed by atoms with Gasteiger partial charge in [-0.2, -0.15) is 4.31 Å². The lowest BCUT2D eigenvalue weighted by molar-refractivity contribution is 0.00235. The topological polar surface area (TPSA) is 62.7 Å². The van der Waals surface area contributed by atoms with E-state index in [1.807, 2.05) is 12.3 Å². The number of hydrogen-bond acceptors (Lipinski definition) is 5. The van der Waals surface area contributed by atoms with E-state index >= 15 is 0 Å². The third kappa shape index (κ3) is 5.12. The molecule has 0 amide bonds. The summed E-state index contributed by atoms with van der Waals surface area (Å²) in [5.41, 5.74) is 1.77. The Hall–Kier alpha value is -1.51. The fourth-order valence-electron chi connectivity index (χ4n) is 5.20. The van der Waals surface area contributed by atoms with Crippen LogP contribution < -0.4 is 4.74 Å². The molecule has 0 saturated carbocycles. The third-order valence-electron chi connectivity index (χ3n) is 6.85. The second-order valence-corrected chi connectivity index (χ2v) is 12.1. The van der Waals surface area contributed by atoms with E-state index in [4.69, 9.17) is 4.74 Å². The number of fused-ring (bicyclic) bond motifs is 1. The maximum absolute atomic E-state index is 14.0. The zero-order valence-electron chi connectivity index (χ0n) is 19.0. The summed E-state index contributed by atoms with van der Waals surface area (Å²) in [7, 11) is -3.16. The number of hydrogen-bond donors (Lipinski definition) is 0. The molecule has 1 atom stereocenters. The molecule has 1 saturated heterocycles. The number of aromatic nitrogens is 1. The van der Waals surface area contributed by atoms with Crippen LogP contribution in [0.2, 0.25) is 0 Å². The Balaban J connectivity index is 1.41. The number of sulfonamides is 1. The molecule has 4 rings (SSSR count). The molecular weight excluding hydrogens is 417 g/mol. The highest BCUT2D eigenvalue weighted by molar-refractivity contribution is 7.88. The van der Waals surface area contributed by atoms with Crippen LogP contribution >= 0.6 is 0 Å². The van der Waals surface area contributed by atoms with Gasteiger partial charge in [0.05, 0.1) is 18.1 Å². The number of alkyl halides is 1. The molecule has 0 aliphatic carbocycles. The molecular formula is C23H34FN3O3S. The highest BCUT2D eigenvalue weighted by Gasteiger charge is 2.43. The van der Waals surface area contributed by atoms with Crippen LogP contribution in [0.5, 0.6) is 5.75 Å². The monoisotopic (exact) mass is 451 g/mol. The molecule has 31 heavy (non-hydrogen) atoms. The summed E-state index contributed by atoms with van der Waals surface area (Å²) < 4.78 is 45.4. The second kappa shape index (κ2) is 8.12. The molecule has 3 aliphatic rings. The van der Waals surface area contributed by atoms with Crippen LogP contribution in [0.15, 0.2) is 18.3 Å². The van der Waals surface area contributed by atoms with Crippen molar-refractivity contribution >= 4 is 15.6 Å². The van der Waals surface area contributed by atoms with Gasteiger partial charge < -0.3 is 9.64 Å². The molecule has 172 valence electrons. The van der Waals surface area contributed by atoms with Crippen LogP contribution in [0, 0.1) is 5.92 Å². The van der Waals surface area contributed by atoms with Crippen LogP contribution in [-0.2, 0) is 16.4 Å². The van der Waals surface area contributed by atoms with Crippen molar-refractivity contribution in [1.82, 2.24) is 14.2 Å². The predicted molar refractivity (Wildman–Crippen MR) is 120 cm³/mol. The van der Waals surface area contributed by atoms with Gasteiger partial charge in [-0.3, -0.25) is 4.98 Å². The van der Waals surface area contributed by atoms with Gasteiger partial charge in [-0.15, -0.1) is 0 Å². The third-order valence-corrected chi connectivity index (χ3v) is 8.12. The zero-order valence-corrected chi connectivity index (χ0v) is 19.8. The van der Waals surface area contributed by atoms with Crippen molar-refractivity contribution in [2.45, 2.75) is 57.7 Å². The van der Waals surface area contributed by atoms with E-state index in [1.54, 1.807) is 13.8 Å². The lowest BCUT2D eigenvalue weighted by Gasteiger charge is -2.41. The van der Waals surface area contributed by atoms with Crippen LogP contribution in [0.4, 0.5) is 4.39 Å². The van der Waals surface area contributed by atoms with Crippen LogP contribution in [-0.4, -0.2) is 72.9 Å². The number of nitrogens with zero attached hydrogens (tertiary/aromatic N) is 3. The molecule has 1 aromatic rings. The zero-order chi connectivity index (χ0) is 22.4. The maximum Gasteiger partial charge on any atom is 0.211 e. The van der Waals surface area contributed by atoms with E-state index in [0.29, 0.717) is 32.0 Å². The van der Waals surface area contributed by atoms with E-state index < -0.39 is 15.7 Å². The number of halogens is 1. The van der Waals surface area contributed by atoms with E-state index in [1.165, 1.54) is 16.1 Å². The molecule has 8 heteroatoms. The first-order chi connectivity index (χ1) is 14.4. The molecule has 0 radical (unpaired) electrons. The van der Waals surface area contributed by atoms with Gasteiger partial charge in [0, 0.05) is 37.5 Å². The Bertz CT molecular complexity index is 965. The minimum absolute atomic E-state index is 0.256. The minimum Gasteiger partial charge on any atom is -0.485 e. The van der Waals surface area contributed by atoms with E-state index in [9.17, 15) is 12.8 Å². The molecule has 4 heterocycles. The van der Waals surface area contributed by atoms with Crippen molar-refractivity contribution in [3.8, 4) is 5.75 Å². The van der Waals surface area contributed by atoms with E-state index in [-0.39, 0.29) is 5.60 Å². The lowest BCUT2D eigenvalue weighted by atomic mass is 9.79. The van der Waals surface area contributed by atoms with Crippen LogP contribution in [0.25, 0.3) is 5.57 Å². The Labute approximate surface area is 185 Å². The van der Waals surface area contributed by atoms with Crippen molar-refractivity contribution in [3.63, 3.8) is 0 Å². The number of likely N-dealkylation sites (tertiary alicyclic amines) is 1. The summed E-state index contributed by atoms with van der Waals surface area (Å²) >= 11 is 0. The van der Waals surface area contributed by atoms with Gasteiger partial charge in [0.15, 0.2) is 0 Å². The Kier molecular flexibility index (Phi) is 5.94. The van der Waals surface area contributed by atoms with Crippen molar-refractivity contribution in [3.05, 3.63) is 29.6 Å². The van der Waals surface area contributed by atoms with Gasteiger partial charge in [-0.1, -0.05) is 6.08 Å². The number of piperidine rings is 1. The highest BCUT2D eigenvalue weighted by atomic mass is 32.2. The standard InChI is InChI=1S/C23H34FN3O3S/c1-22(2,24)16-26-9-7-19(8-10-26)23(3)14-18-13-20(25-15-21(18)30-23)17-5-11-27(12-6-17)31(4,28)29/h5,13,15,19H,6-12,14,16H2,1-4H3.